The van der Waals surface area contributed by atoms with Gasteiger partial charge in [-0.25, -0.2) is 8.42 Å². The van der Waals surface area contributed by atoms with Gasteiger partial charge in [-0.05, 0) is 68.5 Å². The van der Waals surface area contributed by atoms with Gasteiger partial charge in [0.15, 0.2) is 11.5 Å². The average Bonchev–Trinajstić information content (AvgIpc) is 2.89. The number of sulfonamides is 1. The number of rotatable bonds is 7. The van der Waals surface area contributed by atoms with Crippen LogP contribution in [0.2, 0.25) is 0 Å². The normalized spacial score (nSPS) is 17.9. The van der Waals surface area contributed by atoms with Crippen LogP contribution in [-0.2, 0) is 14.8 Å². The van der Waals surface area contributed by atoms with Gasteiger partial charge in [0.1, 0.15) is 0 Å². The molecule has 0 bridgehead atoms. The maximum Gasteiger partial charge on any atom is 0.243 e. The molecule has 8 nitrogen and oxygen atoms in total. The van der Waals surface area contributed by atoms with Crippen molar-refractivity contribution < 1.29 is 22.7 Å². The molecule has 0 saturated carbocycles. The van der Waals surface area contributed by atoms with E-state index in [0.29, 0.717) is 37.4 Å². The number of piperidine rings is 2. The zero-order valence-electron chi connectivity index (χ0n) is 19.8. The molecule has 0 atom stereocenters. The molecule has 0 aromatic heterocycles. The number of benzene rings is 2. The van der Waals surface area contributed by atoms with Crippen LogP contribution >= 0.6 is 0 Å². The minimum absolute atomic E-state index is 0.0612. The second-order valence-corrected chi connectivity index (χ2v) is 10.7. The van der Waals surface area contributed by atoms with E-state index in [-0.39, 0.29) is 16.7 Å². The Labute approximate surface area is 201 Å². The molecule has 1 N–H and O–H groups in total. The molecule has 2 aliphatic heterocycles. The predicted octanol–water partition coefficient (Wildman–Crippen LogP) is 3.73. The van der Waals surface area contributed by atoms with Crippen molar-refractivity contribution >= 4 is 27.3 Å². The van der Waals surface area contributed by atoms with Gasteiger partial charge in [-0.2, -0.15) is 4.31 Å². The number of carbonyl (C=O) groups excluding carboxylic acids is 1. The molecule has 34 heavy (non-hydrogen) atoms. The zero-order valence-corrected chi connectivity index (χ0v) is 20.6. The van der Waals surface area contributed by atoms with Crippen molar-refractivity contribution in [3.05, 3.63) is 42.5 Å². The Balaban J connectivity index is 1.33. The lowest BCUT2D eigenvalue weighted by molar-refractivity contribution is -0.120. The molecular weight excluding hydrogens is 454 g/mol. The molecular formula is C25H33N3O5S. The Hall–Kier alpha value is -2.78. The first-order valence-corrected chi connectivity index (χ1v) is 13.2. The van der Waals surface area contributed by atoms with Crippen LogP contribution in [0, 0.1) is 5.92 Å². The summed E-state index contributed by atoms with van der Waals surface area (Å²) in [6, 6.07) is 12.6. The molecule has 9 heteroatoms. The van der Waals surface area contributed by atoms with E-state index in [1.165, 1.54) is 55.6 Å². The summed E-state index contributed by atoms with van der Waals surface area (Å²) in [5.74, 6) is 0.553. The molecule has 0 aliphatic carbocycles. The molecule has 0 radical (unpaired) electrons. The van der Waals surface area contributed by atoms with Crippen molar-refractivity contribution in [3.8, 4) is 11.5 Å². The predicted molar refractivity (Wildman–Crippen MR) is 132 cm³/mol. The molecule has 0 spiro atoms. The maximum atomic E-state index is 13.1. The Kier molecular flexibility index (Phi) is 7.63. The molecule has 2 aromatic rings. The lowest BCUT2D eigenvalue weighted by Gasteiger charge is -2.31. The number of carbonyl (C=O) groups is 1. The van der Waals surface area contributed by atoms with Crippen molar-refractivity contribution in [2.75, 3.05) is 50.6 Å². The van der Waals surface area contributed by atoms with Gasteiger partial charge >= 0.3 is 0 Å². The molecule has 184 valence electrons. The molecule has 2 aliphatic rings. The molecule has 2 heterocycles. The van der Waals surface area contributed by atoms with Crippen LogP contribution in [0.15, 0.2) is 47.4 Å². The van der Waals surface area contributed by atoms with Crippen molar-refractivity contribution in [1.82, 2.24) is 4.31 Å². The van der Waals surface area contributed by atoms with Gasteiger partial charge in [0, 0.05) is 49.5 Å². The Morgan fingerprint density at radius 2 is 1.53 bits per heavy atom. The number of amides is 1. The summed E-state index contributed by atoms with van der Waals surface area (Å²) in [5, 5.41) is 3.00. The van der Waals surface area contributed by atoms with E-state index in [9.17, 15) is 13.2 Å². The van der Waals surface area contributed by atoms with E-state index in [1.54, 1.807) is 6.07 Å². The van der Waals surface area contributed by atoms with E-state index in [0.717, 1.165) is 18.8 Å². The third-order valence-electron chi connectivity index (χ3n) is 6.67. The van der Waals surface area contributed by atoms with Crippen LogP contribution in [0.5, 0.6) is 11.5 Å². The first-order chi connectivity index (χ1) is 16.4. The Bertz CT molecular complexity index is 1090. The van der Waals surface area contributed by atoms with Crippen LogP contribution in [-0.4, -0.2) is 59.0 Å². The summed E-state index contributed by atoms with van der Waals surface area (Å²) in [6.07, 6.45) is 4.69. The first-order valence-electron chi connectivity index (χ1n) is 11.8. The summed E-state index contributed by atoms with van der Waals surface area (Å²) in [6.45, 7) is 2.75. The number of ether oxygens (including phenoxy) is 2. The quantitative estimate of drug-likeness (QED) is 0.640. The van der Waals surface area contributed by atoms with Crippen LogP contribution < -0.4 is 19.7 Å². The summed E-state index contributed by atoms with van der Waals surface area (Å²) in [7, 11) is -0.705. The second-order valence-electron chi connectivity index (χ2n) is 8.78. The fraction of sp³-hybridized carbons (Fsp3) is 0.480. The molecule has 2 aromatic carbocycles. The van der Waals surface area contributed by atoms with Gasteiger partial charge in [0.05, 0.1) is 19.1 Å². The monoisotopic (exact) mass is 487 g/mol. The smallest absolute Gasteiger partial charge is 0.243 e. The number of nitrogens with one attached hydrogen (secondary N) is 1. The molecule has 4 rings (SSSR count). The number of anilines is 2. The Morgan fingerprint density at radius 3 is 2.15 bits per heavy atom. The van der Waals surface area contributed by atoms with Gasteiger partial charge in [-0.15, -0.1) is 0 Å². The minimum atomic E-state index is -3.68. The SMILES string of the molecule is COc1ccc(S(=O)(=O)N2CCC(C(=O)Nc3ccc(N4CCCCC4)cc3)CC2)cc1OC. The lowest BCUT2D eigenvalue weighted by atomic mass is 9.97. The van der Waals surface area contributed by atoms with Gasteiger partial charge in [0.2, 0.25) is 15.9 Å². The highest BCUT2D eigenvalue weighted by molar-refractivity contribution is 7.89. The number of hydrogen-bond acceptors (Lipinski definition) is 6. The van der Waals surface area contributed by atoms with Gasteiger partial charge in [-0.1, -0.05) is 0 Å². The third kappa shape index (κ3) is 5.31. The van der Waals surface area contributed by atoms with Gasteiger partial charge < -0.3 is 19.7 Å². The van der Waals surface area contributed by atoms with E-state index in [4.69, 9.17) is 9.47 Å². The van der Waals surface area contributed by atoms with Crippen molar-refractivity contribution in [3.63, 3.8) is 0 Å². The summed E-state index contributed by atoms with van der Waals surface area (Å²) < 4.78 is 38.1. The number of nitrogens with zero attached hydrogens (tertiary/aromatic N) is 2. The topological polar surface area (TPSA) is 88.2 Å². The van der Waals surface area contributed by atoms with Crippen molar-refractivity contribution in [2.24, 2.45) is 5.92 Å². The van der Waals surface area contributed by atoms with Crippen LogP contribution in [0.25, 0.3) is 0 Å². The largest absolute Gasteiger partial charge is 0.493 e. The van der Waals surface area contributed by atoms with E-state index in [2.05, 4.69) is 22.3 Å². The highest BCUT2D eigenvalue weighted by Crippen LogP contribution is 2.32. The van der Waals surface area contributed by atoms with Gasteiger partial charge in [0.25, 0.3) is 0 Å². The van der Waals surface area contributed by atoms with Crippen LogP contribution in [0.1, 0.15) is 32.1 Å². The number of hydrogen-bond donors (Lipinski definition) is 1. The maximum absolute atomic E-state index is 13.1. The minimum Gasteiger partial charge on any atom is -0.493 e. The molecule has 2 saturated heterocycles. The molecule has 1 amide bonds. The number of methoxy groups -OCH3 is 2. The summed E-state index contributed by atoms with van der Waals surface area (Å²) in [5.41, 5.74) is 1.96. The second kappa shape index (κ2) is 10.7. The lowest BCUT2D eigenvalue weighted by Crippen LogP contribution is -2.41. The van der Waals surface area contributed by atoms with Crippen LogP contribution in [0.4, 0.5) is 11.4 Å². The third-order valence-corrected chi connectivity index (χ3v) is 8.57. The summed E-state index contributed by atoms with van der Waals surface area (Å²) >= 11 is 0. The molecule has 0 unspecified atom stereocenters. The van der Waals surface area contributed by atoms with Crippen molar-refractivity contribution in [1.29, 1.82) is 0 Å². The highest BCUT2D eigenvalue weighted by Gasteiger charge is 2.32. The Morgan fingerprint density at radius 1 is 0.882 bits per heavy atom. The molecule has 2 fully saturated rings. The average molecular weight is 488 g/mol. The zero-order chi connectivity index (χ0) is 24.1. The van der Waals surface area contributed by atoms with E-state index < -0.39 is 10.0 Å². The highest BCUT2D eigenvalue weighted by atomic mass is 32.2. The fourth-order valence-electron chi connectivity index (χ4n) is 4.64. The standard InChI is InChI=1S/C25H33N3O5S/c1-32-23-11-10-22(18-24(23)33-2)34(30,31)28-16-12-19(13-17-28)25(29)26-20-6-8-21(9-7-20)27-14-4-3-5-15-27/h6-11,18-19H,3-5,12-17H2,1-2H3,(H,26,29). The van der Waals surface area contributed by atoms with Crippen molar-refractivity contribution in [2.45, 2.75) is 37.0 Å². The van der Waals surface area contributed by atoms with Gasteiger partial charge in [-0.3, -0.25) is 4.79 Å². The van der Waals surface area contributed by atoms with E-state index in [1.807, 2.05) is 12.1 Å². The van der Waals surface area contributed by atoms with Crippen LogP contribution in [0.3, 0.4) is 0 Å². The fourth-order valence-corrected chi connectivity index (χ4v) is 6.12. The van der Waals surface area contributed by atoms with E-state index >= 15 is 0 Å². The summed E-state index contributed by atoms with van der Waals surface area (Å²) in [4.78, 5) is 15.3. The first kappa shape index (κ1) is 24.3.